The number of carbonyl (C=O) groups excluding carboxylic acids is 1. The molecule has 0 atom stereocenters. The molecule has 19 heavy (non-hydrogen) atoms. The largest absolute Gasteiger partial charge is 0.371 e. The van der Waals surface area contributed by atoms with Crippen molar-refractivity contribution in [3.63, 3.8) is 0 Å². The van der Waals surface area contributed by atoms with Gasteiger partial charge in [-0.1, -0.05) is 20.8 Å². The molecule has 3 rings (SSSR count). The minimum absolute atomic E-state index is 0.0427. The van der Waals surface area contributed by atoms with Crippen molar-refractivity contribution in [2.24, 2.45) is 0 Å². The Hall–Kier alpha value is -1.31. The van der Waals surface area contributed by atoms with E-state index in [1.165, 1.54) is 48.3 Å². The first-order valence-corrected chi connectivity index (χ1v) is 7.41. The maximum atomic E-state index is 11.5. The van der Waals surface area contributed by atoms with Crippen LogP contribution in [0.2, 0.25) is 0 Å². The summed E-state index contributed by atoms with van der Waals surface area (Å²) in [5, 5.41) is 0. The van der Waals surface area contributed by atoms with Crippen LogP contribution in [0, 0.1) is 0 Å². The van der Waals surface area contributed by atoms with Crippen molar-refractivity contribution in [1.82, 2.24) is 0 Å². The smallest absolute Gasteiger partial charge is 0.150 e. The molecule has 1 aromatic carbocycles. The van der Waals surface area contributed by atoms with Gasteiger partial charge in [-0.3, -0.25) is 4.79 Å². The van der Waals surface area contributed by atoms with Gasteiger partial charge in [0.25, 0.3) is 0 Å². The van der Waals surface area contributed by atoms with E-state index >= 15 is 0 Å². The van der Waals surface area contributed by atoms with Gasteiger partial charge in [-0.25, -0.2) is 0 Å². The van der Waals surface area contributed by atoms with Crippen LogP contribution < -0.4 is 4.90 Å². The number of anilines is 1. The first-order valence-electron chi connectivity index (χ1n) is 7.41. The molecule has 0 saturated heterocycles. The van der Waals surface area contributed by atoms with E-state index in [-0.39, 0.29) is 5.41 Å². The van der Waals surface area contributed by atoms with Crippen LogP contribution in [-0.2, 0) is 18.3 Å². The molecular formula is C17H23NO. The van der Waals surface area contributed by atoms with Gasteiger partial charge < -0.3 is 4.90 Å². The Kier molecular flexibility index (Phi) is 2.92. The number of aldehydes is 1. The van der Waals surface area contributed by atoms with Crippen molar-refractivity contribution < 1.29 is 4.79 Å². The van der Waals surface area contributed by atoms with E-state index in [4.69, 9.17) is 0 Å². The molecule has 102 valence electrons. The Morgan fingerprint density at radius 1 is 1.16 bits per heavy atom. The summed E-state index contributed by atoms with van der Waals surface area (Å²) in [6.45, 7) is 9.04. The van der Waals surface area contributed by atoms with Gasteiger partial charge in [-0.2, -0.15) is 0 Å². The summed E-state index contributed by atoms with van der Waals surface area (Å²) < 4.78 is 0. The molecule has 0 aliphatic carbocycles. The molecule has 1 aromatic rings. The van der Waals surface area contributed by atoms with Crippen LogP contribution in [0.25, 0.3) is 0 Å². The average molecular weight is 257 g/mol. The molecule has 0 saturated carbocycles. The SMILES string of the molecule is CC(C)(C)c1c(C=O)cc2c3c1CCCN3CCC2. The van der Waals surface area contributed by atoms with Crippen molar-refractivity contribution in [2.45, 2.75) is 51.9 Å². The molecule has 0 aromatic heterocycles. The second-order valence-corrected chi connectivity index (χ2v) is 6.89. The van der Waals surface area contributed by atoms with Gasteiger partial charge in [0.1, 0.15) is 6.29 Å². The van der Waals surface area contributed by atoms with Crippen molar-refractivity contribution in [3.8, 4) is 0 Å². The van der Waals surface area contributed by atoms with Crippen LogP contribution in [0.4, 0.5) is 5.69 Å². The minimum Gasteiger partial charge on any atom is -0.371 e. The lowest BCUT2D eigenvalue weighted by Gasteiger charge is -2.40. The highest BCUT2D eigenvalue weighted by molar-refractivity contribution is 5.83. The first-order chi connectivity index (χ1) is 9.02. The highest BCUT2D eigenvalue weighted by Crippen LogP contribution is 2.42. The second-order valence-electron chi connectivity index (χ2n) is 6.89. The number of aryl methyl sites for hydroxylation is 1. The fourth-order valence-corrected chi connectivity index (χ4v) is 3.86. The molecule has 0 spiro atoms. The lowest BCUT2D eigenvalue weighted by molar-refractivity contribution is 0.112. The van der Waals surface area contributed by atoms with E-state index in [2.05, 4.69) is 31.7 Å². The second kappa shape index (κ2) is 4.36. The summed E-state index contributed by atoms with van der Waals surface area (Å²) in [6, 6.07) is 2.16. The normalized spacial score (nSPS) is 18.2. The summed E-state index contributed by atoms with van der Waals surface area (Å²) in [4.78, 5) is 14.1. The molecule has 0 fully saturated rings. The highest BCUT2D eigenvalue weighted by Gasteiger charge is 2.31. The minimum atomic E-state index is 0.0427. The van der Waals surface area contributed by atoms with E-state index < -0.39 is 0 Å². The number of rotatable bonds is 1. The summed E-state index contributed by atoms with van der Waals surface area (Å²) in [6.07, 6.45) is 5.76. The van der Waals surface area contributed by atoms with Crippen molar-refractivity contribution >= 4 is 12.0 Å². The standard InChI is InChI=1S/C17H23NO/c1-17(2,3)15-13(11-19)10-12-6-4-8-18-9-5-7-14(15)16(12)18/h10-11H,4-9H2,1-3H3. The van der Waals surface area contributed by atoms with Crippen molar-refractivity contribution in [3.05, 3.63) is 28.3 Å². The Morgan fingerprint density at radius 2 is 1.84 bits per heavy atom. The summed E-state index contributed by atoms with van der Waals surface area (Å²) >= 11 is 0. The van der Waals surface area contributed by atoms with E-state index in [1.54, 1.807) is 0 Å². The molecule has 2 heteroatoms. The summed E-state index contributed by atoms with van der Waals surface area (Å²) in [5.41, 5.74) is 6.57. The van der Waals surface area contributed by atoms with E-state index in [0.29, 0.717) is 0 Å². The number of nitrogens with zero attached hydrogens (tertiary/aromatic N) is 1. The molecule has 2 aliphatic heterocycles. The van der Waals surface area contributed by atoms with E-state index in [0.717, 1.165) is 24.7 Å². The predicted octanol–water partition coefficient (Wildman–Crippen LogP) is 3.50. The Labute approximate surface area is 115 Å². The van der Waals surface area contributed by atoms with Crippen molar-refractivity contribution in [1.29, 1.82) is 0 Å². The maximum Gasteiger partial charge on any atom is 0.150 e. The van der Waals surface area contributed by atoms with Gasteiger partial charge in [-0.05, 0) is 53.9 Å². The summed E-state index contributed by atoms with van der Waals surface area (Å²) in [7, 11) is 0. The Morgan fingerprint density at radius 3 is 2.47 bits per heavy atom. The molecular weight excluding hydrogens is 234 g/mol. The fourth-order valence-electron chi connectivity index (χ4n) is 3.86. The number of hydrogen-bond donors (Lipinski definition) is 0. The topological polar surface area (TPSA) is 20.3 Å². The van der Waals surface area contributed by atoms with E-state index in [9.17, 15) is 4.79 Å². The zero-order valence-electron chi connectivity index (χ0n) is 12.3. The van der Waals surface area contributed by atoms with Gasteiger partial charge in [-0.15, -0.1) is 0 Å². The van der Waals surface area contributed by atoms with Gasteiger partial charge in [0.15, 0.2) is 0 Å². The Balaban J connectivity index is 2.30. The van der Waals surface area contributed by atoms with Gasteiger partial charge >= 0.3 is 0 Å². The zero-order valence-corrected chi connectivity index (χ0v) is 12.3. The van der Waals surface area contributed by atoms with Crippen LogP contribution in [-0.4, -0.2) is 19.4 Å². The number of carbonyl (C=O) groups is 1. The van der Waals surface area contributed by atoms with Crippen LogP contribution in [0.1, 0.15) is 60.7 Å². The Bertz CT molecular complexity index is 523. The van der Waals surface area contributed by atoms with E-state index in [1.807, 2.05) is 0 Å². The molecule has 0 radical (unpaired) electrons. The van der Waals surface area contributed by atoms with Gasteiger partial charge in [0.2, 0.25) is 0 Å². The summed E-state index contributed by atoms with van der Waals surface area (Å²) in [5.74, 6) is 0. The maximum absolute atomic E-state index is 11.5. The predicted molar refractivity (Wildman–Crippen MR) is 79.4 cm³/mol. The molecule has 2 aliphatic rings. The van der Waals surface area contributed by atoms with Crippen LogP contribution >= 0.6 is 0 Å². The molecule has 0 unspecified atom stereocenters. The molecule has 0 bridgehead atoms. The fraction of sp³-hybridized carbons (Fsp3) is 0.588. The monoisotopic (exact) mass is 257 g/mol. The van der Waals surface area contributed by atoms with Crippen molar-refractivity contribution in [2.75, 3.05) is 18.0 Å². The van der Waals surface area contributed by atoms with Crippen LogP contribution in [0.15, 0.2) is 6.07 Å². The number of hydrogen-bond acceptors (Lipinski definition) is 2. The first kappa shape index (κ1) is 12.7. The van der Waals surface area contributed by atoms with Crippen LogP contribution in [0.5, 0.6) is 0 Å². The van der Waals surface area contributed by atoms with Gasteiger partial charge in [0.05, 0.1) is 0 Å². The molecule has 0 N–H and O–H groups in total. The zero-order chi connectivity index (χ0) is 13.6. The highest BCUT2D eigenvalue weighted by atomic mass is 16.1. The van der Waals surface area contributed by atoms with Crippen LogP contribution in [0.3, 0.4) is 0 Å². The lowest BCUT2D eigenvalue weighted by atomic mass is 9.76. The average Bonchev–Trinajstić information content (AvgIpc) is 2.37. The molecule has 2 nitrogen and oxygen atoms in total. The lowest BCUT2D eigenvalue weighted by Crippen LogP contribution is -2.36. The third kappa shape index (κ3) is 1.98. The third-order valence-electron chi connectivity index (χ3n) is 4.43. The van der Waals surface area contributed by atoms with Gasteiger partial charge in [0, 0.05) is 24.3 Å². The third-order valence-corrected chi connectivity index (χ3v) is 4.43. The quantitative estimate of drug-likeness (QED) is 0.718. The number of benzene rings is 1. The molecule has 0 amide bonds. The molecule has 2 heterocycles.